The number of hydrogen-bond acceptors (Lipinski definition) is 4. The van der Waals surface area contributed by atoms with E-state index in [4.69, 9.17) is 0 Å². The van der Waals surface area contributed by atoms with Gasteiger partial charge in [-0.2, -0.15) is 9.98 Å². The van der Waals surface area contributed by atoms with Gasteiger partial charge in [-0.05, 0) is 30.4 Å². The Morgan fingerprint density at radius 1 is 1.12 bits per heavy atom. The minimum Gasteiger partial charge on any atom is -0.211 e. The maximum Gasteiger partial charge on any atom is 0.240 e. The summed E-state index contributed by atoms with van der Waals surface area (Å²) in [6, 6.07) is 5.33. The molecule has 4 nitrogen and oxygen atoms in total. The summed E-state index contributed by atoms with van der Waals surface area (Å²) >= 11 is 0. The summed E-state index contributed by atoms with van der Waals surface area (Å²) in [5, 5.41) is 0. The molecule has 0 spiro atoms. The highest BCUT2D eigenvalue weighted by Gasteiger charge is 2.14. The van der Waals surface area contributed by atoms with Gasteiger partial charge in [-0.15, -0.1) is 0 Å². The van der Waals surface area contributed by atoms with Gasteiger partial charge in [0.15, 0.2) is 0 Å². The lowest BCUT2D eigenvalue weighted by molar-refractivity contribution is 0.564. The molecule has 0 N–H and O–H groups in total. The van der Waals surface area contributed by atoms with E-state index in [9.17, 15) is 9.59 Å². The first-order chi connectivity index (χ1) is 8.28. The Hall–Kier alpha value is -2.02. The minimum absolute atomic E-state index is 0.295. The molecule has 4 heteroatoms. The SMILES string of the molecule is CCC(CC)c1cccc(N=C=O)c1N=C=O. The van der Waals surface area contributed by atoms with Crippen LogP contribution in [0, 0.1) is 0 Å². The second-order valence-corrected chi connectivity index (χ2v) is 3.63. The van der Waals surface area contributed by atoms with E-state index in [0.717, 1.165) is 18.4 Å². The summed E-state index contributed by atoms with van der Waals surface area (Å²) in [4.78, 5) is 28.0. The van der Waals surface area contributed by atoms with Gasteiger partial charge in [0.25, 0.3) is 0 Å². The summed E-state index contributed by atoms with van der Waals surface area (Å²) in [5.74, 6) is 0.295. The van der Waals surface area contributed by atoms with Crippen molar-refractivity contribution in [3.63, 3.8) is 0 Å². The van der Waals surface area contributed by atoms with Crippen molar-refractivity contribution in [2.45, 2.75) is 32.6 Å². The normalized spacial score (nSPS) is 9.59. The fraction of sp³-hybridized carbons (Fsp3) is 0.385. The van der Waals surface area contributed by atoms with Gasteiger partial charge in [-0.1, -0.05) is 26.0 Å². The first-order valence-corrected chi connectivity index (χ1v) is 5.57. The number of carbonyl (C=O) groups excluding carboxylic acids is 2. The summed E-state index contributed by atoms with van der Waals surface area (Å²) in [5.41, 5.74) is 1.72. The van der Waals surface area contributed by atoms with Crippen LogP contribution in [0.3, 0.4) is 0 Å². The van der Waals surface area contributed by atoms with Crippen LogP contribution in [0.1, 0.15) is 38.2 Å². The molecular weight excluding hydrogens is 216 g/mol. The number of hydrogen-bond donors (Lipinski definition) is 0. The smallest absolute Gasteiger partial charge is 0.211 e. The van der Waals surface area contributed by atoms with E-state index in [1.807, 2.05) is 6.07 Å². The molecule has 1 rings (SSSR count). The predicted molar refractivity (Wildman–Crippen MR) is 65.3 cm³/mol. The molecule has 17 heavy (non-hydrogen) atoms. The van der Waals surface area contributed by atoms with Crippen LogP contribution < -0.4 is 0 Å². The largest absolute Gasteiger partial charge is 0.240 e. The number of rotatable bonds is 5. The third-order valence-corrected chi connectivity index (χ3v) is 2.79. The fourth-order valence-corrected chi connectivity index (χ4v) is 1.91. The number of isocyanates is 2. The van der Waals surface area contributed by atoms with Crippen molar-refractivity contribution in [1.82, 2.24) is 0 Å². The molecule has 0 aliphatic heterocycles. The number of para-hydroxylation sites is 1. The van der Waals surface area contributed by atoms with Crippen molar-refractivity contribution in [1.29, 1.82) is 0 Å². The van der Waals surface area contributed by atoms with Gasteiger partial charge < -0.3 is 0 Å². The Bertz CT molecular complexity index is 480. The van der Waals surface area contributed by atoms with Crippen LogP contribution in [0.25, 0.3) is 0 Å². The Labute approximate surface area is 100 Å². The average molecular weight is 230 g/mol. The lowest BCUT2D eigenvalue weighted by Gasteiger charge is -2.15. The molecular formula is C13H14N2O2. The van der Waals surface area contributed by atoms with Gasteiger partial charge in [0.05, 0.1) is 0 Å². The van der Waals surface area contributed by atoms with Crippen molar-refractivity contribution >= 4 is 23.5 Å². The molecule has 1 aromatic rings. The Morgan fingerprint density at radius 3 is 2.29 bits per heavy atom. The van der Waals surface area contributed by atoms with Gasteiger partial charge in [0.2, 0.25) is 12.2 Å². The molecule has 88 valence electrons. The van der Waals surface area contributed by atoms with Crippen LogP contribution in [-0.4, -0.2) is 12.2 Å². The predicted octanol–water partition coefficient (Wildman–Crippen LogP) is 3.52. The van der Waals surface area contributed by atoms with E-state index < -0.39 is 0 Å². The second kappa shape index (κ2) is 6.54. The van der Waals surface area contributed by atoms with E-state index in [1.165, 1.54) is 12.2 Å². The highest BCUT2D eigenvalue weighted by molar-refractivity contribution is 5.72. The molecule has 0 aliphatic rings. The van der Waals surface area contributed by atoms with Crippen LogP contribution in [0.2, 0.25) is 0 Å². The standard InChI is InChI=1S/C13H14N2O2/c1-3-10(4-2)11-6-5-7-12(14-8-16)13(11)15-9-17/h5-7,10H,3-4H2,1-2H3. The van der Waals surface area contributed by atoms with E-state index in [0.29, 0.717) is 17.3 Å². The number of nitrogens with zero attached hydrogens (tertiary/aromatic N) is 2. The van der Waals surface area contributed by atoms with E-state index in [2.05, 4.69) is 23.8 Å². The zero-order valence-corrected chi connectivity index (χ0v) is 9.93. The lowest BCUT2D eigenvalue weighted by atomic mass is 9.92. The van der Waals surface area contributed by atoms with E-state index >= 15 is 0 Å². The molecule has 0 fully saturated rings. The number of aliphatic imine (C=N–C) groups is 2. The summed E-state index contributed by atoms with van der Waals surface area (Å²) < 4.78 is 0. The van der Waals surface area contributed by atoms with Crippen LogP contribution in [0.4, 0.5) is 11.4 Å². The molecule has 0 aromatic heterocycles. The highest BCUT2D eigenvalue weighted by atomic mass is 16.1. The molecule has 0 bridgehead atoms. The quantitative estimate of drug-likeness (QED) is 0.574. The number of benzene rings is 1. The minimum atomic E-state index is 0.295. The second-order valence-electron chi connectivity index (χ2n) is 3.63. The van der Waals surface area contributed by atoms with Crippen molar-refractivity contribution < 1.29 is 9.59 Å². The topological polar surface area (TPSA) is 58.9 Å². The zero-order valence-electron chi connectivity index (χ0n) is 9.93. The van der Waals surface area contributed by atoms with Gasteiger partial charge in [-0.25, -0.2) is 9.59 Å². The highest BCUT2D eigenvalue weighted by Crippen LogP contribution is 2.38. The first kappa shape index (κ1) is 13.0. The molecule has 0 saturated carbocycles. The van der Waals surface area contributed by atoms with Gasteiger partial charge in [0, 0.05) is 0 Å². The van der Waals surface area contributed by atoms with E-state index in [-0.39, 0.29) is 0 Å². The molecule has 0 radical (unpaired) electrons. The third-order valence-electron chi connectivity index (χ3n) is 2.79. The molecule has 1 aromatic carbocycles. The Kier molecular flexibility index (Phi) is 5.02. The first-order valence-electron chi connectivity index (χ1n) is 5.57. The molecule has 0 saturated heterocycles. The fourth-order valence-electron chi connectivity index (χ4n) is 1.91. The van der Waals surface area contributed by atoms with Crippen LogP contribution in [0.5, 0.6) is 0 Å². The van der Waals surface area contributed by atoms with Crippen molar-refractivity contribution in [2.24, 2.45) is 9.98 Å². The van der Waals surface area contributed by atoms with Gasteiger partial charge >= 0.3 is 0 Å². The summed E-state index contributed by atoms with van der Waals surface area (Å²) in [6.45, 7) is 4.14. The van der Waals surface area contributed by atoms with Gasteiger partial charge in [-0.3, -0.25) is 0 Å². The molecule has 0 aliphatic carbocycles. The Morgan fingerprint density at radius 2 is 1.76 bits per heavy atom. The maximum atomic E-state index is 10.5. The van der Waals surface area contributed by atoms with Crippen LogP contribution in [0.15, 0.2) is 28.2 Å². The summed E-state index contributed by atoms with van der Waals surface area (Å²) in [7, 11) is 0. The van der Waals surface area contributed by atoms with E-state index in [1.54, 1.807) is 12.1 Å². The summed E-state index contributed by atoms with van der Waals surface area (Å²) in [6.07, 6.45) is 4.85. The van der Waals surface area contributed by atoms with Crippen LogP contribution in [-0.2, 0) is 9.59 Å². The lowest BCUT2D eigenvalue weighted by Crippen LogP contribution is -1.95. The zero-order chi connectivity index (χ0) is 12.7. The molecule has 0 amide bonds. The van der Waals surface area contributed by atoms with Crippen LogP contribution >= 0.6 is 0 Å². The van der Waals surface area contributed by atoms with Crippen molar-refractivity contribution in [3.8, 4) is 0 Å². The van der Waals surface area contributed by atoms with Gasteiger partial charge in [0.1, 0.15) is 11.4 Å². The molecule has 0 heterocycles. The third kappa shape index (κ3) is 2.97. The maximum absolute atomic E-state index is 10.5. The molecule has 0 atom stereocenters. The van der Waals surface area contributed by atoms with Crippen molar-refractivity contribution in [2.75, 3.05) is 0 Å². The van der Waals surface area contributed by atoms with Crippen molar-refractivity contribution in [3.05, 3.63) is 23.8 Å². The monoisotopic (exact) mass is 230 g/mol. The molecule has 0 unspecified atom stereocenters. The average Bonchev–Trinajstić information content (AvgIpc) is 2.34. The Balaban J connectivity index is 3.43.